The van der Waals surface area contributed by atoms with Gasteiger partial charge in [-0.05, 0) is 31.5 Å². The fourth-order valence-corrected chi connectivity index (χ4v) is 2.01. The van der Waals surface area contributed by atoms with Crippen LogP contribution in [0.3, 0.4) is 0 Å². The van der Waals surface area contributed by atoms with E-state index in [0.717, 1.165) is 18.5 Å². The molecule has 4 heteroatoms. The van der Waals surface area contributed by atoms with E-state index in [0.29, 0.717) is 16.6 Å². The molecular weight excluding hydrogens is 248 g/mol. The monoisotopic (exact) mass is 268 g/mol. The quantitative estimate of drug-likeness (QED) is 0.884. The summed E-state index contributed by atoms with van der Waals surface area (Å²) in [5.74, 6) is -0.0770. The number of rotatable bonds is 5. The Morgan fingerprint density at radius 2 is 2.11 bits per heavy atom. The Morgan fingerprint density at radius 3 is 2.67 bits per heavy atom. The summed E-state index contributed by atoms with van der Waals surface area (Å²) in [4.78, 5) is 13.5. The average Bonchev–Trinajstić information content (AvgIpc) is 2.31. The minimum Gasteiger partial charge on any atom is -0.383 e. The van der Waals surface area contributed by atoms with Crippen LogP contribution in [0.5, 0.6) is 0 Å². The molecule has 0 fully saturated rings. The third-order valence-electron chi connectivity index (χ3n) is 2.74. The van der Waals surface area contributed by atoms with Crippen LogP contribution < -0.4 is 5.32 Å². The van der Waals surface area contributed by atoms with Gasteiger partial charge < -0.3 is 10.2 Å². The van der Waals surface area contributed by atoms with Gasteiger partial charge >= 0.3 is 0 Å². The molecule has 0 spiro atoms. The molecule has 0 bridgehead atoms. The van der Waals surface area contributed by atoms with Crippen molar-refractivity contribution >= 4 is 23.2 Å². The van der Waals surface area contributed by atoms with Gasteiger partial charge in [0.05, 0.1) is 10.6 Å². The Bertz CT molecular complexity index is 418. The van der Waals surface area contributed by atoms with Crippen LogP contribution in [0.15, 0.2) is 18.2 Å². The number of amides is 1. The van der Waals surface area contributed by atoms with Crippen molar-refractivity contribution in [2.24, 2.45) is 0 Å². The fourth-order valence-electron chi connectivity index (χ4n) is 1.81. The smallest absolute Gasteiger partial charge is 0.254 e. The molecule has 100 valence electrons. The largest absolute Gasteiger partial charge is 0.383 e. The van der Waals surface area contributed by atoms with Crippen molar-refractivity contribution in [3.05, 3.63) is 28.8 Å². The summed E-state index contributed by atoms with van der Waals surface area (Å²) in [7, 11) is 3.44. The highest BCUT2D eigenvalue weighted by molar-refractivity contribution is 6.34. The van der Waals surface area contributed by atoms with Crippen molar-refractivity contribution in [3.63, 3.8) is 0 Å². The number of nitrogens with one attached hydrogen (secondary N) is 1. The van der Waals surface area contributed by atoms with Gasteiger partial charge in [-0.3, -0.25) is 4.79 Å². The highest BCUT2D eigenvalue weighted by Gasteiger charge is 2.13. The van der Waals surface area contributed by atoms with Crippen molar-refractivity contribution in [1.82, 2.24) is 4.90 Å². The molecule has 1 aromatic carbocycles. The maximum atomic E-state index is 11.9. The maximum absolute atomic E-state index is 11.9. The molecular formula is C14H21ClN2O. The van der Waals surface area contributed by atoms with Crippen molar-refractivity contribution in [3.8, 4) is 0 Å². The first kappa shape index (κ1) is 14.8. The van der Waals surface area contributed by atoms with Crippen LogP contribution in [0.4, 0.5) is 5.69 Å². The predicted molar refractivity (Wildman–Crippen MR) is 77.5 cm³/mol. The van der Waals surface area contributed by atoms with Gasteiger partial charge in [0, 0.05) is 25.8 Å². The molecule has 0 aliphatic rings. The summed E-state index contributed by atoms with van der Waals surface area (Å²) in [6, 6.07) is 5.87. The Kier molecular flexibility index (Phi) is 5.48. The molecule has 1 unspecified atom stereocenters. The standard InChI is InChI=1S/C14H21ClN2O/c1-5-6-10(2)16-11-7-8-13(15)12(9-11)14(18)17(3)4/h7-10,16H,5-6H2,1-4H3. The molecule has 1 amide bonds. The van der Waals surface area contributed by atoms with Gasteiger partial charge in [0.1, 0.15) is 0 Å². The van der Waals surface area contributed by atoms with Crippen LogP contribution in [0, 0.1) is 0 Å². The Labute approximate surface area is 114 Å². The highest BCUT2D eigenvalue weighted by Crippen LogP contribution is 2.22. The van der Waals surface area contributed by atoms with Crippen LogP contribution >= 0.6 is 11.6 Å². The Hall–Kier alpha value is -1.22. The Balaban J connectivity index is 2.90. The van der Waals surface area contributed by atoms with E-state index in [2.05, 4.69) is 19.2 Å². The first-order valence-corrected chi connectivity index (χ1v) is 6.61. The van der Waals surface area contributed by atoms with Gasteiger partial charge in [0.25, 0.3) is 5.91 Å². The summed E-state index contributed by atoms with van der Waals surface area (Å²) in [5, 5.41) is 3.86. The summed E-state index contributed by atoms with van der Waals surface area (Å²) >= 11 is 6.06. The summed E-state index contributed by atoms with van der Waals surface area (Å²) in [6.45, 7) is 4.28. The lowest BCUT2D eigenvalue weighted by Gasteiger charge is -2.17. The van der Waals surface area contributed by atoms with Gasteiger partial charge in [-0.1, -0.05) is 24.9 Å². The zero-order chi connectivity index (χ0) is 13.7. The van der Waals surface area contributed by atoms with E-state index in [-0.39, 0.29) is 5.91 Å². The second-order valence-electron chi connectivity index (χ2n) is 4.73. The minimum absolute atomic E-state index is 0.0770. The van der Waals surface area contributed by atoms with Crippen molar-refractivity contribution in [2.75, 3.05) is 19.4 Å². The summed E-state index contributed by atoms with van der Waals surface area (Å²) < 4.78 is 0. The number of anilines is 1. The van der Waals surface area contributed by atoms with Gasteiger partial charge in [-0.2, -0.15) is 0 Å². The van der Waals surface area contributed by atoms with Gasteiger partial charge in [-0.15, -0.1) is 0 Å². The van der Waals surface area contributed by atoms with Gasteiger partial charge in [-0.25, -0.2) is 0 Å². The first-order valence-electron chi connectivity index (χ1n) is 6.23. The van der Waals surface area contributed by atoms with Crippen molar-refractivity contribution < 1.29 is 4.79 Å². The molecule has 1 atom stereocenters. The molecule has 1 rings (SSSR count). The van der Waals surface area contributed by atoms with Crippen LogP contribution in [-0.4, -0.2) is 30.9 Å². The molecule has 0 aliphatic heterocycles. The second kappa shape index (κ2) is 6.64. The lowest BCUT2D eigenvalue weighted by Crippen LogP contribution is -2.22. The maximum Gasteiger partial charge on any atom is 0.254 e. The molecule has 3 nitrogen and oxygen atoms in total. The van der Waals surface area contributed by atoms with Crippen LogP contribution in [-0.2, 0) is 0 Å². The molecule has 0 radical (unpaired) electrons. The zero-order valence-electron chi connectivity index (χ0n) is 11.5. The Morgan fingerprint density at radius 1 is 1.44 bits per heavy atom. The second-order valence-corrected chi connectivity index (χ2v) is 5.14. The van der Waals surface area contributed by atoms with E-state index < -0.39 is 0 Å². The number of benzene rings is 1. The van der Waals surface area contributed by atoms with E-state index in [1.165, 1.54) is 4.90 Å². The van der Waals surface area contributed by atoms with Crippen LogP contribution in [0.2, 0.25) is 5.02 Å². The van der Waals surface area contributed by atoms with Gasteiger partial charge in [0.15, 0.2) is 0 Å². The summed E-state index contributed by atoms with van der Waals surface area (Å²) in [6.07, 6.45) is 2.23. The lowest BCUT2D eigenvalue weighted by molar-refractivity contribution is 0.0828. The van der Waals surface area contributed by atoms with Crippen LogP contribution in [0.1, 0.15) is 37.0 Å². The fraction of sp³-hybridized carbons (Fsp3) is 0.500. The molecule has 0 saturated heterocycles. The topological polar surface area (TPSA) is 32.3 Å². The van der Waals surface area contributed by atoms with E-state index in [1.807, 2.05) is 12.1 Å². The third kappa shape index (κ3) is 3.91. The van der Waals surface area contributed by atoms with E-state index >= 15 is 0 Å². The molecule has 0 heterocycles. The van der Waals surface area contributed by atoms with E-state index in [4.69, 9.17) is 11.6 Å². The SMILES string of the molecule is CCCC(C)Nc1ccc(Cl)c(C(=O)N(C)C)c1. The van der Waals surface area contributed by atoms with Gasteiger partial charge in [0.2, 0.25) is 0 Å². The molecule has 0 aromatic heterocycles. The van der Waals surface area contributed by atoms with Crippen molar-refractivity contribution in [1.29, 1.82) is 0 Å². The number of hydrogen-bond acceptors (Lipinski definition) is 2. The average molecular weight is 269 g/mol. The lowest BCUT2D eigenvalue weighted by atomic mass is 10.1. The number of nitrogens with zero attached hydrogens (tertiary/aromatic N) is 1. The van der Waals surface area contributed by atoms with Crippen molar-refractivity contribution in [2.45, 2.75) is 32.7 Å². The number of carbonyl (C=O) groups excluding carboxylic acids is 1. The molecule has 0 aliphatic carbocycles. The first-order chi connectivity index (χ1) is 8.45. The third-order valence-corrected chi connectivity index (χ3v) is 3.07. The number of hydrogen-bond donors (Lipinski definition) is 1. The minimum atomic E-state index is -0.0770. The van der Waals surface area contributed by atoms with E-state index in [1.54, 1.807) is 20.2 Å². The summed E-state index contributed by atoms with van der Waals surface area (Å²) in [5.41, 5.74) is 1.47. The van der Waals surface area contributed by atoms with Crippen LogP contribution in [0.25, 0.3) is 0 Å². The normalized spacial score (nSPS) is 12.1. The predicted octanol–water partition coefficient (Wildman–Crippen LogP) is 3.64. The molecule has 18 heavy (non-hydrogen) atoms. The highest BCUT2D eigenvalue weighted by atomic mass is 35.5. The molecule has 0 saturated carbocycles. The van der Waals surface area contributed by atoms with E-state index in [9.17, 15) is 4.79 Å². The molecule has 1 aromatic rings. The number of halogens is 1. The number of carbonyl (C=O) groups is 1. The molecule has 1 N–H and O–H groups in total. The zero-order valence-corrected chi connectivity index (χ0v) is 12.2.